The molecule has 0 aromatic carbocycles. The summed E-state index contributed by atoms with van der Waals surface area (Å²) >= 11 is 0. The van der Waals surface area contributed by atoms with Crippen molar-refractivity contribution in [1.29, 1.82) is 0 Å². The third kappa shape index (κ3) is 20.2. The molecule has 0 aromatic heterocycles. The van der Waals surface area contributed by atoms with Gasteiger partial charge in [-0.15, -0.1) is 0 Å². The first-order chi connectivity index (χ1) is 14.3. The molecule has 0 saturated heterocycles. The first-order valence-electron chi connectivity index (χ1n) is 11.6. The second-order valence-electron chi connectivity index (χ2n) is 7.84. The molecule has 0 rings (SSSR count). The van der Waals surface area contributed by atoms with Gasteiger partial charge in [0, 0.05) is 29.6 Å². The van der Waals surface area contributed by atoms with Crippen LogP contribution in [-0.4, -0.2) is 72.9 Å². The average molecular weight is 474 g/mol. The summed E-state index contributed by atoms with van der Waals surface area (Å²) in [7, 11) is -4.74. The fourth-order valence-electron chi connectivity index (χ4n) is 3.09. The summed E-state index contributed by atoms with van der Waals surface area (Å²) < 4.78 is 42.3. The first-order valence-corrected chi connectivity index (χ1v) is 13.1. The molecule has 179 valence electrons. The molecule has 0 aromatic rings. The van der Waals surface area contributed by atoms with E-state index in [4.69, 9.17) is 9.47 Å². The molecule has 0 heterocycles. The van der Waals surface area contributed by atoms with Crippen molar-refractivity contribution in [3.05, 3.63) is 0 Å². The Morgan fingerprint density at radius 2 is 1.10 bits per heavy atom. The van der Waals surface area contributed by atoms with E-state index < -0.39 is 33.7 Å². The standard InChI is InChI=1S/C22H42O7S.Na/c1-3-5-7-9-11-13-15-17-28-21(23)19-20(30(25,26)27)22(24)29-18-16-14-12-10-8-6-4-2;/h20H,3-19H2,1-2H3,(H,25,26,27);. The van der Waals surface area contributed by atoms with Crippen LogP contribution in [-0.2, 0) is 29.2 Å². The van der Waals surface area contributed by atoms with Gasteiger partial charge in [-0.25, -0.2) is 0 Å². The topological polar surface area (TPSA) is 107 Å². The van der Waals surface area contributed by atoms with E-state index in [0.717, 1.165) is 38.5 Å². The predicted octanol–water partition coefficient (Wildman–Crippen LogP) is 4.84. The molecule has 9 heteroatoms. The maximum Gasteiger partial charge on any atom is 0.327 e. The predicted molar refractivity (Wildman–Crippen MR) is 124 cm³/mol. The van der Waals surface area contributed by atoms with Gasteiger partial charge in [-0.1, -0.05) is 90.9 Å². The molecular formula is C22H42NaO7S. The van der Waals surface area contributed by atoms with Crippen LogP contribution >= 0.6 is 0 Å². The number of carbonyl (C=O) groups is 2. The van der Waals surface area contributed by atoms with Gasteiger partial charge in [-0.2, -0.15) is 8.42 Å². The van der Waals surface area contributed by atoms with Crippen LogP contribution in [0.3, 0.4) is 0 Å². The van der Waals surface area contributed by atoms with Crippen molar-refractivity contribution < 1.29 is 32.0 Å². The minimum Gasteiger partial charge on any atom is -0.466 e. The third-order valence-corrected chi connectivity index (χ3v) is 6.06. The van der Waals surface area contributed by atoms with Crippen molar-refractivity contribution in [2.24, 2.45) is 0 Å². The molecule has 0 saturated carbocycles. The van der Waals surface area contributed by atoms with Crippen molar-refractivity contribution in [3.63, 3.8) is 0 Å². The molecule has 31 heavy (non-hydrogen) atoms. The fraction of sp³-hybridized carbons (Fsp3) is 0.909. The minimum atomic E-state index is -4.74. The third-order valence-electron chi connectivity index (χ3n) is 4.98. The van der Waals surface area contributed by atoms with Gasteiger partial charge < -0.3 is 9.47 Å². The van der Waals surface area contributed by atoms with Crippen LogP contribution in [0.4, 0.5) is 0 Å². The molecule has 0 bridgehead atoms. The van der Waals surface area contributed by atoms with Crippen LogP contribution in [0.1, 0.15) is 110 Å². The van der Waals surface area contributed by atoms with E-state index >= 15 is 0 Å². The molecule has 0 aliphatic carbocycles. The Morgan fingerprint density at radius 1 is 0.710 bits per heavy atom. The molecule has 0 fully saturated rings. The van der Waals surface area contributed by atoms with Crippen LogP contribution in [0.25, 0.3) is 0 Å². The summed E-state index contributed by atoms with van der Waals surface area (Å²) in [5.41, 5.74) is 0. The number of carbonyl (C=O) groups excluding carboxylic acids is 2. The van der Waals surface area contributed by atoms with Gasteiger partial charge in [0.1, 0.15) is 0 Å². The van der Waals surface area contributed by atoms with Crippen molar-refractivity contribution in [2.45, 2.75) is 115 Å². The van der Waals surface area contributed by atoms with E-state index in [1.165, 1.54) is 38.5 Å². The summed E-state index contributed by atoms with van der Waals surface area (Å²) in [5.74, 6) is -1.92. The van der Waals surface area contributed by atoms with Gasteiger partial charge in [-0.05, 0) is 12.8 Å². The molecule has 1 unspecified atom stereocenters. The van der Waals surface area contributed by atoms with Crippen molar-refractivity contribution in [2.75, 3.05) is 13.2 Å². The Kier molecular flexibility index (Phi) is 23.1. The molecular weight excluding hydrogens is 431 g/mol. The Hall–Kier alpha value is -0.150. The molecule has 0 amide bonds. The molecule has 1 atom stereocenters. The van der Waals surface area contributed by atoms with Gasteiger partial charge in [0.05, 0.1) is 19.6 Å². The molecule has 1 N–H and O–H groups in total. The van der Waals surface area contributed by atoms with Gasteiger partial charge in [0.15, 0.2) is 5.25 Å². The summed E-state index contributed by atoms with van der Waals surface area (Å²) in [6, 6.07) is 0. The SMILES string of the molecule is CCCCCCCCCOC(=O)CC(C(=O)OCCCCCCCCC)S(=O)(=O)O.[Na]. The average Bonchev–Trinajstić information content (AvgIpc) is 2.69. The number of ether oxygens (including phenoxy) is 2. The maximum absolute atomic E-state index is 12.0. The zero-order valence-corrected chi connectivity index (χ0v) is 22.7. The fourth-order valence-corrected chi connectivity index (χ4v) is 3.75. The number of unbranched alkanes of at least 4 members (excludes halogenated alkanes) is 12. The Morgan fingerprint density at radius 3 is 1.52 bits per heavy atom. The quantitative estimate of drug-likeness (QED) is 0.117. The minimum absolute atomic E-state index is 0. The van der Waals surface area contributed by atoms with E-state index in [0.29, 0.717) is 12.8 Å². The number of hydrogen-bond acceptors (Lipinski definition) is 6. The molecule has 1 radical (unpaired) electrons. The number of esters is 2. The van der Waals surface area contributed by atoms with Crippen LogP contribution in [0.2, 0.25) is 0 Å². The summed E-state index contributed by atoms with van der Waals surface area (Å²) in [6.07, 6.45) is 14.0. The normalized spacial score (nSPS) is 12.1. The van der Waals surface area contributed by atoms with E-state index in [2.05, 4.69) is 13.8 Å². The van der Waals surface area contributed by atoms with Gasteiger partial charge in [-0.3, -0.25) is 14.1 Å². The first kappa shape index (κ1) is 33.0. The van der Waals surface area contributed by atoms with Crippen LogP contribution in [0.15, 0.2) is 0 Å². The van der Waals surface area contributed by atoms with Gasteiger partial charge >= 0.3 is 11.9 Å². The Labute approximate surface area is 211 Å². The van der Waals surface area contributed by atoms with Crippen molar-refractivity contribution >= 4 is 51.6 Å². The number of rotatable bonds is 20. The van der Waals surface area contributed by atoms with E-state index in [1.54, 1.807) is 0 Å². The van der Waals surface area contributed by atoms with Crippen molar-refractivity contribution in [3.8, 4) is 0 Å². The Bertz CT molecular complexity index is 552. The zero-order chi connectivity index (χ0) is 22.7. The zero-order valence-electron chi connectivity index (χ0n) is 19.9. The van der Waals surface area contributed by atoms with E-state index in [9.17, 15) is 22.6 Å². The maximum atomic E-state index is 12.0. The summed E-state index contributed by atoms with van der Waals surface area (Å²) in [4.78, 5) is 23.9. The second kappa shape index (κ2) is 21.7. The molecule has 0 aliphatic heterocycles. The van der Waals surface area contributed by atoms with Crippen molar-refractivity contribution in [1.82, 2.24) is 0 Å². The van der Waals surface area contributed by atoms with Gasteiger partial charge in [0.25, 0.3) is 10.1 Å². The van der Waals surface area contributed by atoms with Crippen LogP contribution < -0.4 is 0 Å². The molecule has 0 aliphatic rings. The van der Waals surface area contributed by atoms with E-state index in [-0.39, 0.29) is 42.8 Å². The van der Waals surface area contributed by atoms with Crippen LogP contribution in [0.5, 0.6) is 0 Å². The second-order valence-corrected chi connectivity index (χ2v) is 9.44. The summed E-state index contributed by atoms with van der Waals surface area (Å²) in [5, 5.41) is -1.93. The monoisotopic (exact) mass is 473 g/mol. The smallest absolute Gasteiger partial charge is 0.327 e. The van der Waals surface area contributed by atoms with E-state index in [1.807, 2.05) is 0 Å². The van der Waals surface area contributed by atoms with Crippen LogP contribution in [0, 0.1) is 0 Å². The van der Waals surface area contributed by atoms with Gasteiger partial charge in [0.2, 0.25) is 0 Å². The largest absolute Gasteiger partial charge is 0.466 e. The summed E-state index contributed by atoms with van der Waals surface area (Å²) in [6.45, 7) is 4.56. The molecule has 7 nitrogen and oxygen atoms in total. The Balaban J connectivity index is 0. The number of hydrogen-bond donors (Lipinski definition) is 1. The molecule has 0 spiro atoms.